The second kappa shape index (κ2) is 8.11. The lowest BCUT2D eigenvalue weighted by molar-refractivity contribution is -0.137. The van der Waals surface area contributed by atoms with Gasteiger partial charge >= 0.3 is 6.18 Å². The van der Waals surface area contributed by atoms with E-state index in [4.69, 9.17) is 10.3 Å². The summed E-state index contributed by atoms with van der Waals surface area (Å²) in [6.07, 6.45) is -4.29. The molecule has 132 valence electrons. The number of anilines is 1. The standard InChI is InChI=1S/C14H15F3N4O2.ClH/c1-8-19-13(23-21-8)3-2-12(22)20-11-5-9(7-18)4-10(6-11)14(15,16)17;/h4-6H,2-3,7,18H2,1H3,(H,20,22);1H. The SMILES string of the molecule is Cc1noc(CCC(=O)Nc2cc(CN)cc(C(F)(F)F)c2)n1.Cl. The predicted molar refractivity (Wildman–Crippen MR) is 82.6 cm³/mol. The van der Waals surface area contributed by atoms with Gasteiger partial charge in [-0.05, 0) is 30.7 Å². The molecule has 24 heavy (non-hydrogen) atoms. The zero-order chi connectivity index (χ0) is 17.0. The highest BCUT2D eigenvalue weighted by Crippen LogP contribution is 2.32. The lowest BCUT2D eigenvalue weighted by atomic mass is 10.1. The van der Waals surface area contributed by atoms with Crippen LogP contribution in [-0.4, -0.2) is 16.0 Å². The van der Waals surface area contributed by atoms with Gasteiger partial charge in [-0.25, -0.2) is 0 Å². The first-order valence-corrected chi connectivity index (χ1v) is 6.78. The Hall–Kier alpha value is -2.13. The fourth-order valence-electron chi connectivity index (χ4n) is 1.93. The van der Waals surface area contributed by atoms with E-state index in [1.54, 1.807) is 6.92 Å². The van der Waals surface area contributed by atoms with Crippen molar-refractivity contribution in [3.8, 4) is 0 Å². The fraction of sp³-hybridized carbons (Fsp3) is 0.357. The van der Waals surface area contributed by atoms with E-state index < -0.39 is 17.6 Å². The highest BCUT2D eigenvalue weighted by atomic mass is 35.5. The van der Waals surface area contributed by atoms with Gasteiger partial charge in [-0.15, -0.1) is 12.4 Å². The zero-order valence-electron chi connectivity index (χ0n) is 12.7. The number of hydrogen-bond acceptors (Lipinski definition) is 5. The Morgan fingerprint density at radius 2 is 2.04 bits per heavy atom. The number of benzene rings is 1. The number of aromatic nitrogens is 2. The first-order valence-electron chi connectivity index (χ1n) is 6.78. The van der Waals surface area contributed by atoms with Crippen LogP contribution in [0.5, 0.6) is 0 Å². The van der Waals surface area contributed by atoms with Crippen molar-refractivity contribution >= 4 is 24.0 Å². The number of nitrogens with two attached hydrogens (primary N) is 1. The molecule has 1 heterocycles. The highest BCUT2D eigenvalue weighted by Gasteiger charge is 2.31. The van der Waals surface area contributed by atoms with Gasteiger partial charge in [0.25, 0.3) is 0 Å². The van der Waals surface area contributed by atoms with Gasteiger partial charge in [0.05, 0.1) is 5.56 Å². The summed E-state index contributed by atoms with van der Waals surface area (Å²) in [6, 6.07) is 3.23. The summed E-state index contributed by atoms with van der Waals surface area (Å²) >= 11 is 0. The molecule has 6 nitrogen and oxygen atoms in total. The average molecular weight is 365 g/mol. The van der Waals surface area contributed by atoms with Crippen LogP contribution in [-0.2, 0) is 23.9 Å². The molecule has 3 N–H and O–H groups in total. The maximum atomic E-state index is 12.8. The lowest BCUT2D eigenvalue weighted by Gasteiger charge is -2.12. The number of amides is 1. The van der Waals surface area contributed by atoms with Crippen LogP contribution in [0.1, 0.15) is 29.3 Å². The highest BCUT2D eigenvalue weighted by molar-refractivity contribution is 5.91. The van der Waals surface area contributed by atoms with E-state index in [1.807, 2.05) is 0 Å². The van der Waals surface area contributed by atoms with Crippen LogP contribution in [0.2, 0.25) is 0 Å². The Balaban J connectivity index is 0.00000288. The van der Waals surface area contributed by atoms with E-state index in [0.29, 0.717) is 11.7 Å². The molecule has 0 atom stereocenters. The van der Waals surface area contributed by atoms with Crippen LogP contribution in [0.3, 0.4) is 0 Å². The van der Waals surface area contributed by atoms with E-state index in [9.17, 15) is 18.0 Å². The fourth-order valence-corrected chi connectivity index (χ4v) is 1.93. The van der Waals surface area contributed by atoms with Gasteiger partial charge < -0.3 is 15.6 Å². The molecule has 0 radical (unpaired) electrons. The van der Waals surface area contributed by atoms with Crippen molar-refractivity contribution < 1.29 is 22.5 Å². The second-order valence-electron chi connectivity index (χ2n) is 4.90. The van der Waals surface area contributed by atoms with Crippen LogP contribution < -0.4 is 11.1 Å². The number of hydrogen-bond donors (Lipinski definition) is 2. The van der Waals surface area contributed by atoms with E-state index in [-0.39, 0.29) is 43.0 Å². The van der Waals surface area contributed by atoms with Crippen molar-refractivity contribution in [1.29, 1.82) is 0 Å². The maximum absolute atomic E-state index is 12.8. The van der Waals surface area contributed by atoms with E-state index >= 15 is 0 Å². The van der Waals surface area contributed by atoms with Gasteiger partial charge in [0.1, 0.15) is 0 Å². The van der Waals surface area contributed by atoms with Gasteiger partial charge in [-0.3, -0.25) is 4.79 Å². The molecule has 0 saturated heterocycles. The molecular formula is C14H16ClF3N4O2. The van der Waals surface area contributed by atoms with Crippen molar-refractivity contribution in [2.45, 2.75) is 32.5 Å². The zero-order valence-corrected chi connectivity index (χ0v) is 13.5. The molecule has 1 amide bonds. The molecule has 0 aliphatic carbocycles. The van der Waals surface area contributed by atoms with E-state index in [0.717, 1.165) is 12.1 Å². The van der Waals surface area contributed by atoms with Gasteiger partial charge in [0, 0.05) is 25.1 Å². The third-order valence-electron chi connectivity index (χ3n) is 2.98. The predicted octanol–water partition coefficient (Wildman–Crippen LogP) is 2.85. The smallest absolute Gasteiger partial charge is 0.339 e. The molecular weight excluding hydrogens is 349 g/mol. The first-order chi connectivity index (χ1) is 10.8. The molecule has 10 heteroatoms. The Labute approximate surface area is 142 Å². The molecule has 2 aromatic rings. The second-order valence-corrected chi connectivity index (χ2v) is 4.90. The Morgan fingerprint density at radius 3 is 2.58 bits per heavy atom. The van der Waals surface area contributed by atoms with Crippen molar-refractivity contribution in [3.63, 3.8) is 0 Å². The van der Waals surface area contributed by atoms with Crippen LogP contribution in [0.15, 0.2) is 22.7 Å². The first kappa shape index (κ1) is 19.9. The monoisotopic (exact) mass is 364 g/mol. The summed E-state index contributed by atoms with van der Waals surface area (Å²) in [4.78, 5) is 15.8. The number of halogens is 4. The summed E-state index contributed by atoms with van der Waals surface area (Å²) < 4.78 is 43.3. The van der Waals surface area contributed by atoms with Gasteiger partial charge in [-0.1, -0.05) is 5.16 Å². The molecule has 0 aliphatic heterocycles. The molecule has 1 aromatic carbocycles. The number of nitrogens with zero attached hydrogens (tertiary/aromatic N) is 2. The molecule has 0 unspecified atom stereocenters. The maximum Gasteiger partial charge on any atom is 0.416 e. The van der Waals surface area contributed by atoms with Crippen molar-refractivity contribution in [3.05, 3.63) is 41.0 Å². The molecule has 0 aliphatic rings. The minimum absolute atomic E-state index is 0. The number of carbonyl (C=O) groups excluding carboxylic acids is 1. The van der Waals surface area contributed by atoms with Crippen LogP contribution in [0.4, 0.5) is 18.9 Å². The van der Waals surface area contributed by atoms with Crippen LogP contribution in [0, 0.1) is 6.92 Å². The number of nitrogens with one attached hydrogen (secondary N) is 1. The average Bonchev–Trinajstić information content (AvgIpc) is 2.89. The van der Waals surface area contributed by atoms with E-state index in [1.165, 1.54) is 6.07 Å². The minimum atomic E-state index is -4.51. The molecule has 1 aromatic heterocycles. The van der Waals surface area contributed by atoms with Crippen molar-refractivity contribution in [2.24, 2.45) is 5.73 Å². The van der Waals surface area contributed by atoms with Gasteiger partial charge in [0.2, 0.25) is 11.8 Å². The quantitative estimate of drug-likeness (QED) is 0.850. The number of aryl methyl sites for hydroxylation is 2. The topological polar surface area (TPSA) is 94.0 Å². The number of carbonyl (C=O) groups is 1. The largest absolute Gasteiger partial charge is 0.416 e. The Kier molecular flexibility index (Phi) is 6.73. The Morgan fingerprint density at radius 1 is 1.33 bits per heavy atom. The minimum Gasteiger partial charge on any atom is -0.339 e. The summed E-state index contributed by atoms with van der Waals surface area (Å²) in [5.74, 6) is 0.290. The summed E-state index contributed by atoms with van der Waals surface area (Å²) in [5.41, 5.74) is 4.86. The lowest BCUT2D eigenvalue weighted by Crippen LogP contribution is -2.14. The molecule has 0 saturated carbocycles. The van der Waals surface area contributed by atoms with Gasteiger partial charge in [0.15, 0.2) is 5.82 Å². The van der Waals surface area contributed by atoms with E-state index in [2.05, 4.69) is 15.5 Å². The number of rotatable bonds is 5. The molecule has 0 bridgehead atoms. The van der Waals surface area contributed by atoms with Crippen molar-refractivity contribution in [1.82, 2.24) is 10.1 Å². The molecule has 0 fully saturated rings. The third kappa shape index (κ3) is 5.50. The summed E-state index contributed by atoms with van der Waals surface area (Å²) in [7, 11) is 0. The number of alkyl halides is 3. The van der Waals surface area contributed by atoms with Gasteiger partial charge in [-0.2, -0.15) is 18.2 Å². The van der Waals surface area contributed by atoms with Crippen LogP contribution >= 0.6 is 12.4 Å². The summed E-state index contributed by atoms with van der Waals surface area (Å²) in [6.45, 7) is 1.58. The molecule has 0 spiro atoms. The molecule has 2 rings (SSSR count). The summed E-state index contributed by atoms with van der Waals surface area (Å²) in [5, 5.41) is 6.00. The Bertz CT molecular complexity index is 704. The normalized spacial score (nSPS) is 11.0. The third-order valence-corrected chi connectivity index (χ3v) is 2.98. The van der Waals surface area contributed by atoms with Crippen LogP contribution in [0.25, 0.3) is 0 Å². The van der Waals surface area contributed by atoms with Crippen molar-refractivity contribution in [2.75, 3.05) is 5.32 Å².